The largest absolute Gasteiger partial charge is 0.481 e. The molecule has 9 heteroatoms. The molecule has 1 aliphatic heterocycles. The van der Waals surface area contributed by atoms with Crippen molar-refractivity contribution in [1.29, 1.82) is 0 Å². The van der Waals surface area contributed by atoms with Gasteiger partial charge in [0, 0.05) is 29.7 Å². The number of aromatic nitrogens is 2. The number of carbonyl (C=O) groups excluding carboxylic acids is 2. The Hall–Kier alpha value is -2.97. The van der Waals surface area contributed by atoms with Crippen LogP contribution in [0.1, 0.15) is 40.5 Å². The van der Waals surface area contributed by atoms with Crippen molar-refractivity contribution in [2.45, 2.75) is 31.8 Å². The Morgan fingerprint density at radius 2 is 2.00 bits per heavy atom. The van der Waals surface area contributed by atoms with Gasteiger partial charge in [0.1, 0.15) is 10.8 Å². The van der Waals surface area contributed by atoms with E-state index in [4.69, 9.17) is 16.3 Å². The number of para-hydroxylation sites is 1. The van der Waals surface area contributed by atoms with Crippen LogP contribution in [0.4, 0.5) is 5.69 Å². The van der Waals surface area contributed by atoms with Gasteiger partial charge in [-0.05, 0) is 50.1 Å². The van der Waals surface area contributed by atoms with Crippen LogP contribution in [-0.4, -0.2) is 46.1 Å². The van der Waals surface area contributed by atoms with E-state index in [1.807, 2.05) is 35.2 Å². The quantitative estimate of drug-likeness (QED) is 0.568. The SMILES string of the molecule is CC(Oc1ccccc1)C(=O)N1CCCC(c2nnc(C(=O)Nc3cccc(Cl)c3)s2)C1. The number of benzene rings is 2. The monoisotopic (exact) mass is 470 g/mol. The maximum absolute atomic E-state index is 12.9. The van der Waals surface area contributed by atoms with Crippen molar-refractivity contribution in [3.63, 3.8) is 0 Å². The molecule has 0 saturated carbocycles. The highest BCUT2D eigenvalue weighted by atomic mass is 35.5. The van der Waals surface area contributed by atoms with E-state index in [2.05, 4.69) is 15.5 Å². The number of hydrogen-bond donors (Lipinski definition) is 1. The van der Waals surface area contributed by atoms with Gasteiger partial charge in [0.15, 0.2) is 6.10 Å². The lowest BCUT2D eigenvalue weighted by Gasteiger charge is -2.33. The molecule has 2 aromatic carbocycles. The molecule has 7 nitrogen and oxygen atoms in total. The van der Waals surface area contributed by atoms with Crippen LogP contribution in [0.25, 0.3) is 0 Å². The molecule has 2 heterocycles. The molecule has 2 unspecified atom stereocenters. The summed E-state index contributed by atoms with van der Waals surface area (Å²) < 4.78 is 5.79. The molecule has 0 spiro atoms. The van der Waals surface area contributed by atoms with Gasteiger partial charge in [-0.2, -0.15) is 0 Å². The van der Waals surface area contributed by atoms with Gasteiger partial charge in [-0.25, -0.2) is 0 Å². The second kappa shape index (κ2) is 10.1. The molecule has 1 N–H and O–H groups in total. The van der Waals surface area contributed by atoms with E-state index in [0.29, 0.717) is 29.5 Å². The van der Waals surface area contributed by atoms with E-state index < -0.39 is 6.10 Å². The number of anilines is 1. The number of likely N-dealkylation sites (tertiary alicyclic amines) is 1. The zero-order chi connectivity index (χ0) is 22.5. The zero-order valence-corrected chi connectivity index (χ0v) is 19.1. The van der Waals surface area contributed by atoms with Gasteiger partial charge in [0.25, 0.3) is 11.8 Å². The molecule has 4 rings (SSSR count). The molecule has 3 aromatic rings. The third-order valence-corrected chi connectivity index (χ3v) is 6.52. The fourth-order valence-corrected chi connectivity index (χ4v) is 4.69. The molecule has 0 radical (unpaired) electrons. The Kier molecular flexibility index (Phi) is 7.02. The Morgan fingerprint density at radius 1 is 1.19 bits per heavy atom. The topological polar surface area (TPSA) is 84.4 Å². The average Bonchev–Trinajstić information content (AvgIpc) is 3.30. The van der Waals surface area contributed by atoms with Crippen molar-refractivity contribution in [3.8, 4) is 5.75 Å². The van der Waals surface area contributed by atoms with Gasteiger partial charge < -0.3 is 15.0 Å². The third-order valence-electron chi connectivity index (χ3n) is 5.20. The lowest BCUT2D eigenvalue weighted by molar-refractivity contribution is -0.139. The Balaban J connectivity index is 1.37. The maximum atomic E-state index is 12.9. The van der Waals surface area contributed by atoms with Crippen LogP contribution in [0.2, 0.25) is 5.02 Å². The standard InChI is InChI=1S/C23H23ClN4O3S/c1-15(31-19-10-3-2-4-11-19)23(30)28-12-6-7-16(14-28)21-26-27-22(32-21)20(29)25-18-9-5-8-17(24)13-18/h2-5,8-11,13,15-16H,6-7,12,14H2,1H3,(H,25,29). The van der Waals surface area contributed by atoms with Crippen LogP contribution in [0, 0.1) is 0 Å². The van der Waals surface area contributed by atoms with E-state index >= 15 is 0 Å². The molecule has 0 aliphatic carbocycles. The average molecular weight is 471 g/mol. The predicted octanol–water partition coefficient (Wildman–Crippen LogP) is 4.62. The van der Waals surface area contributed by atoms with Crippen molar-refractivity contribution >= 4 is 40.4 Å². The Labute approximate surface area is 195 Å². The summed E-state index contributed by atoms with van der Waals surface area (Å²) in [7, 11) is 0. The first-order chi connectivity index (χ1) is 15.5. The first kappa shape index (κ1) is 22.2. The summed E-state index contributed by atoms with van der Waals surface area (Å²) in [6.45, 7) is 2.98. The summed E-state index contributed by atoms with van der Waals surface area (Å²) in [5.41, 5.74) is 0.598. The minimum atomic E-state index is -0.579. The van der Waals surface area contributed by atoms with Crippen LogP contribution >= 0.6 is 22.9 Å². The number of piperidine rings is 1. The van der Waals surface area contributed by atoms with Crippen LogP contribution in [0.15, 0.2) is 54.6 Å². The molecule has 0 bridgehead atoms. The van der Waals surface area contributed by atoms with Gasteiger partial charge in [-0.1, -0.05) is 47.2 Å². The van der Waals surface area contributed by atoms with Crippen molar-refractivity contribution in [2.75, 3.05) is 18.4 Å². The number of nitrogens with one attached hydrogen (secondary N) is 1. The lowest BCUT2D eigenvalue weighted by Crippen LogP contribution is -2.45. The number of carbonyl (C=O) groups is 2. The van der Waals surface area contributed by atoms with Crippen molar-refractivity contribution in [3.05, 3.63) is 69.6 Å². The number of rotatable bonds is 6. The zero-order valence-electron chi connectivity index (χ0n) is 17.5. The normalized spacial score (nSPS) is 16.9. The number of amides is 2. The van der Waals surface area contributed by atoms with Crippen molar-refractivity contribution < 1.29 is 14.3 Å². The van der Waals surface area contributed by atoms with Gasteiger partial charge in [-0.3, -0.25) is 9.59 Å². The minimum Gasteiger partial charge on any atom is -0.481 e. The van der Waals surface area contributed by atoms with E-state index in [0.717, 1.165) is 17.8 Å². The van der Waals surface area contributed by atoms with Gasteiger partial charge >= 0.3 is 0 Å². The van der Waals surface area contributed by atoms with Crippen molar-refractivity contribution in [2.24, 2.45) is 0 Å². The molecule has 2 atom stereocenters. The highest BCUT2D eigenvalue weighted by Crippen LogP contribution is 2.30. The van der Waals surface area contributed by atoms with Crippen molar-refractivity contribution in [1.82, 2.24) is 15.1 Å². The molecule has 1 aromatic heterocycles. The molecular formula is C23H23ClN4O3S. The maximum Gasteiger partial charge on any atom is 0.286 e. The predicted molar refractivity (Wildman–Crippen MR) is 124 cm³/mol. The molecular weight excluding hydrogens is 448 g/mol. The van der Waals surface area contributed by atoms with E-state index in [9.17, 15) is 9.59 Å². The summed E-state index contributed by atoms with van der Waals surface area (Å²) >= 11 is 7.23. The molecule has 1 fully saturated rings. The van der Waals surface area contributed by atoms with Crippen LogP contribution in [0.3, 0.4) is 0 Å². The first-order valence-electron chi connectivity index (χ1n) is 10.4. The van der Waals surface area contributed by atoms with Crippen LogP contribution in [-0.2, 0) is 4.79 Å². The Bertz CT molecular complexity index is 1090. The fraction of sp³-hybridized carbons (Fsp3) is 0.304. The third kappa shape index (κ3) is 5.44. The summed E-state index contributed by atoms with van der Waals surface area (Å²) in [6, 6.07) is 16.2. The van der Waals surface area contributed by atoms with Crippen LogP contribution in [0.5, 0.6) is 5.75 Å². The smallest absolute Gasteiger partial charge is 0.286 e. The van der Waals surface area contributed by atoms with Crippen LogP contribution < -0.4 is 10.1 Å². The second-order valence-electron chi connectivity index (χ2n) is 7.61. The summed E-state index contributed by atoms with van der Waals surface area (Å²) in [6.07, 6.45) is 1.17. The van der Waals surface area contributed by atoms with E-state index in [1.54, 1.807) is 31.2 Å². The van der Waals surface area contributed by atoms with E-state index in [-0.39, 0.29) is 22.7 Å². The number of hydrogen-bond acceptors (Lipinski definition) is 6. The van der Waals surface area contributed by atoms with E-state index in [1.165, 1.54) is 11.3 Å². The highest BCUT2D eigenvalue weighted by molar-refractivity contribution is 7.13. The van der Waals surface area contributed by atoms with Gasteiger partial charge in [-0.15, -0.1) is 10.2 Å². The number of halogens is 1. The molecule has 2 amide bonds. The number of ether oxygens (including phenoxy) is 1. The van der Waals surface area contributed by atoms with Gasteiger partial charge in [0.05, 0.1) is 0 Å². The second-order valence-corrected chi connectivity index (χ2v) is 9.05. The molecule has 1 saturated heterocycles. The number of nitrogens with zero attached hydrogens (tertiary/aromatic N) is 3. The lowest BCUT2D eigenvalue weighted by atomic mass is 9.98. The minimum absolute atomic E-state index is 0.0434. The summed E-state index contributed by atoms with van der Waals surface area (Å²) in [5.74, 6) is 0.329. The molecule has 166 valence electrons. The first-order valence-corrected chi connectivity index (χ1v) is 11.6. The fourth-order valence-electron chi connectivity index (χ4n) is 3.63. The molecule has 32 heavy (non-hydrogen) atoms. The Morgan fingerprint density at radius 3 is 2.78 bits per heavy atom. The van der Waals surface area contributed by atoms with Gasteiger partial charge in [0.2, 0.25) is 5.01 Å². The highest BCUT2D eigenvalue weighted by Gasteiger charge is 2.30. The summed E-state index contributed by atoms with van der Waals surface area (Å²) in [5, 5.41) is 12.7. The molecule has 1 aliphatic rings. The summed E-state index contributed by atoms with van der Waals surface area (Å²) in [4.78, 5) is 27.3.